The Morgan fingerprint density at radius 3 is 2.87 bits per heavy atom. The van der Waals surface area contributed by atoms with Crippen LogP contribution in [0.2, 0.25) is 0 Å². The molecular formula is C26H33N3OS. The molecule has 4 rings (SSSR count). The van der Waals surface area contributed by atoms with Crippen LogP contribution in [0.15, 0.2) is 57.2 Å². The van der Waals surface area contributed by atoms with Crippen molar-refractivity contribution < 1.29 is 4.79 Å². The minimum Gasteiger partial charge on any atom is -0.352 e. The van der Waals surface area contributed by atoms with E-state index < -0.39 is 0 Å². The Morgan fingerprint density at radius 2 is 2.03 bits per heavy atom. The van der Waals surface area contributed by atoms with Crippen molar-refractivity contribution in [2.24, 2.45) is 4.99 Å². The molecule has 0 spiro atoms. The summed E-state index contributed by atoms with van der Waals surface area (Å²) in [7, 11) is 0. The van der Waals surface area contributed by atoms with E-state index in [1.165, 1.54) is 42.7 Å². The zero-order valence-electron chi connectivity index (χ0n) is 18.7. The molecule has 0 aliphatic carbocycles. The number of amides is 1. The third-order valence-electron chi connectivity index (χ3n) is 6.36. The summed E-state index contributed by atoms with van der Waals surface area (Å²) in [6, 6.07) is 15.0. The summed E-state index contributed by atoms with van der Waals surface area (Å²) in [6.45, 7) is 7.41. The highest BCUT2D eigenvalue weighted by atomic mass is 32.2. The fourth-order valence-electron chi connectivity index (χ4n) is 4.62. The summed E-state index contributed by atoms with van der Waals surface area (Å²) >= 11 is 1.73. The molecule has 1 N–H and O–H groups in total. The van der Waals surface area contributed by atoms with Crippen LogP contribution < -0.4 is 5.32 Å². The summed E-state index contributed by atoms with van der Waals surface area (Å²) in [4.78, 5) is 22.6. The van der Waals surface area contributed by atoms with Crippen molar-refractivity contribution in [2.45, 2.75) is 68.2 Å². The smallest absolute Gasteiger partial charge is 0.251 e. The van der Waals surface area contributed by atoms with Gasteiger partial charge in [0.2, 0.25) is 0 Å². The number of nitrogens with zero attached hydrogens (tertiary/aromatic N) is 2. The summed E-state index contributed by atoms with van der Waals surface area (Å²) in [5.74, 6) is -0.00602. The van der Waals surface area contributed by atoms with Gasteiger partial charge in [-0.3, -0.25) is 9.79 Å². The van der Waals surface area contributed by atoms with Crippen LogP contribution in [-0.2, 0) is 0 Å². The number of fused-ring (bicyclic) bond motifs is 2. The van der Waals surface area contributed by atoms with Crippen molar-refractivity contribution in [3.8, 4) is 0 Å². The highest BCUT2D eigenvalue weighted by Gasteiger charge is 2.20. The molecule has 0 saturated carbocycles. The van der Waals surface area contributed by atoms with Gasteiger partial charge < -0.3 is 10.2 Å². The lowest BCUT2D eigenvalue weighted by atomic mass is 10.00. The Labute approximate surface area is 190 Å². The molecule has 2 aromatic rings. The van der Waals surface area contributed by atoms with Crippen molar-refractivity contribution in [3.63, 3.8) is 0 Å². The molecule has 0 radical (unpaired) electrons. The Bertz CT molecular complexity index is 955. The molecule has 31 heavy (non-hydrogen) atoms. The van der Waals surface area contributed by atoms with E-state index in [9.17, 15) is 4.79 Å². The van der Waals surface area contributed by atoms with Gasteiger partial charge in [-0.15, -0.1) is 0 Å². The highest BCUT2D eigenvalue weighted by molar-refractivity contribution is 7.99. The molecule has 2 aliphatic heterocycles. The van der Waals surface area contributed by atoms with Crippen LogP contribution in [0, 0.1) is 0 Å². The van der Waals surface area contributed by atoms with Crippen LogP contribution in [0.5, 0.6) is 0 Å². The number of nitrogens with one attached hydrogen (secondary N) is 1. The van der Waals surface area contributed by atoms with Crippen LogP contribution in [0.4, 0.5) is 5.69 Å². The zero-order valence-corrected chi connectivity index (χ0v) is 19.5. The maximum atomic E-state index is 12.8. The largest absolute Gasteiger partial charge is 0.352 e. The maximum absolute atomic E-state index is 12.8. The van der Waals surface area contributed by atoms with E-state index in [1.807, 2.05) is 18.2 Å². The lowest BCUT2D eigenvalue weighted by Gasteiger charge is -2.35. The number of carbonyl (C=O) groups is 1. The van der Waals surface area contributed by atoms with E-state index in [0.29, 0.717) is 12.1 Å². The number of rotatable bonds is 7. The maximum Gasteiger partial charge on any atom is 0.251 e. The lowest BCUT2D eigenvalue weighted by molar-refractivity contribution is 0.0947. The van der Waals surface area contributed by atoms with Gasteiger partial charge in [-0.1, -0.05) is 50.2 Å². The Hall–Kier alpha value is -2.11. The molecular weight excluding hydrogens is 402 g/mol. The molecule has 1 fully saturated rings. The molecule has 2 aromatic carbocycles. The van der Waals surface area contributed by atoms with Gasteiger partial charge in [0.1, 0.15) is 0 Å². The second-order valence-corrected chi connectivity index (χ2v) is 9.48. The number of benzene rings is 2. The number of piperidine rings is 1. The molecule has 2 aliphatic rings. The van der Waals surface area contributed by atoms with Crippen LogP contribution in [0.25, 0.3) is 0 Å². The first kappa shape index (κ1) is 22.1. The van der Waals surface area contributed by atoms with Crippen molar-refractivity contribution in [2.75, 3.05) is 19.6 Å². The normalized spacial score (nSPS) is 18.5. The van der Waals surface area contributed by atoms with Crippen LogP contribution in [0.1, 0.15) is 68.3 Å². The first-order valence-electron chi connectivity index (χ1n) is 11.7. The fourth-order valence-corrected chi connectivity index (χ4v) is 5.65. The molecule has 5 heteroatoms. The topological polar surface area (TPSA) is 44.7 Å². The predicted octanol–water partition coefficient (Wildman–Crippen LogP) is 6.07. The van der Waals surface area contributed by atoms with Gasteiger partial charge in [-0.05, 0) is 62.9 Å². The van der Waals surface area contributed by atoms with E-state index in [0.717, 1.165) is 41.7 Å². The highest BCUT2D eigenvalue weighted by Crippen LogP contribution is 2.41. The molecule has 2 heterocycles. The van der Waals surface area contributed by atoms with E-state index in [-0.39, 0.29) is 5.91 Å². The average molecular weight is 436 g/mol. The summed E-state index contributed by atoms with van der Waals surface area (Å²) in [5, 5.41) is 3.12. The van der Waals surface area contributed by atoms with Gasteiger partial charge >= 0.3 is 0 Å². The molecule has 4 nitrogen and oxygen atoms in total. The van der Waals surface area contributed by atoms with E-state index in [2.05, 4.69) is 48.3 Å². The van der Waals surface area contributed by atoms with Crippen molar-refractivity contribution in [1.82, 2.24) is 10.2 Å². The van der Waals surface area contributed by atoms with Gasteiger partial charge in [0.25, 0.3) is 5.91 Å². The van der Waals surface area contributed by atoms with Gasteiger partial charge in [-0.25, -0.2) is 0 Å². The molecule has 0 aromatic heterocycles. The molecule has 1 atom stereocenters. The van der Waals surface area contributed by atoms with Crippen molar-refractivity contribution in [3.05, 3.63) is 53.6 Å². The summed E-state index contributed by atoms with van der Waals surface area (Å²) < 4.78 is 0. The number of likely N-dealkylation sites (tertiary alicyclic amines) is 1. The van der Waals surface area contributed by atoms with Gasteiger partial charge in [-0.2, -0.15) is 0 Å². The van der Waals surface area contributed by atoms with E-state index in [4.69, 9.17) is 4.99 Å². The molecule has 0 bridgehead atoms. The quantitative estimate of drug-likeness (QED) is 0.537. The van der Waals surface area contributed by atoms with Crippen molar-refractivity contribution in [1.29, 1.82) is 0 Å². The lowest BCUT2D eigenvalue weighted by Crippen LogP contribution is -2.40. The summed E-state index contributed by atoms with van der Waals surface area (Å²) in [5.41, 5.74) is 3.85. The van der Waals surface area contributed by atoms with Crippen LogP contribution in [0.3, 0.4) is 0 Å². The minimum absolute atomic E-state index is 0.00602. The fraction of sp³-hybridized carbons (Fsp3) is 0.462. The Balaban J connectivity index is 1.39. The SMILES string of the molecule is CCC1=Nc2cc(C(=O)NCCCN3CCCC[C@@H]3CC)ccc2Sc2ccccc21. The Morgan fingerprint density at radius 1 is 1.16 bits per heavy atom. The van der Waals surface area contributed by atoms with Gasteiger partial charge in [0.05, 0.1) is 5.69 Å². The number of aliphatic imine (C=N–C) groups is 1. The number of hydrogen-bond donors (Lipinski definition) is 1. The third-order valence-corrected chi connectivity index (χ3v) is 7.50. The van der Waals surface area contributed by atoms with Crippen LogP contribution >= 0.6 is 11.8 Å². The van der Waals surface area contributed by atoms with Crippen molar-refractivity contribution >= 4 is 29.1 Å². The molecule has 164 valence electrons. The third kappa shape index (κ3) is 5.21. The zero-order chi connectivity index (χ0) is 21.6. The average Bonchev–Trinajstić information content (AvgIpc) is 2.97. The second kappa shape index (κ2) is 10.5. The van der Waals surface area contributed by atoms with Gasteiger partial charge in [0, 0.05) is 45.8 Å². The Kier molecular flexibility index (Phi) is 7.46. The van der Waals surface area contributed by atoms with Crippen LogP contribution in [-0.4, -0.2) is 42.2 Å². The second-order valence-electron chi connectivity index (χ2n) is 8.40. The standard InChI is InChI=1S/C26H33N3OS/c1-3-20-10-7-8-16-29(20)17-9-15-27-26(30)19-13-14-25-23(18-19)28-22(4-2)21-11-5-6-12-24(21)31-25/h5-6,11-14,18,20H,3-4,7-10,15-17H2,1-2H3,(H,27,30)/t20-/m0/s1. The minimum atomic E-state index is -0.00602. The van der Waals surface area contributed by atoms with E-state index in [1.54, 1.807) is 11.8 Å². The number of hydrogen-bond acceptors (Lipinski definition) is 4. The number of carbonyl (C=O) groups excluding carboxylic acids is 1. The summed E-state index contributed by atoms with van der Waals surface area (Å²) in [6.07, 6.45) is 7.07. The molecule has 0 unspecified atom stereocenters. The molecule has 1 amide bonds. The monoisotopic (exact) mass is 435 g/mol. The first-order valence-corrected chi connectivity index (χ1v) is 12.5. The predicted molar refractivity (Wildman–Crippen MR) is 130 cm³/mol. The van der Waals surface area contributed by atoms with E-state index >= 15 is 0 Å². The van der Waals surface area contributed by atoms with Gasteiger partial charge in [0.15, 0.2) is 0 Å². The molecule has 1 saturated heterocycles. The first-order chi connectivity index (χ1) is 15.2.